The second kappa shape index (κ2) is 6.42. The zero-order chi connectivity index (χ0) is 15.5. The standard InChI is InChI=1S/C19H20N2O2/c1-2-7-15(8-3-1)22-14-12-21-17-10-5-4-9-16(17)20-19(21)18-11-6-13-23-18/h1-5,7-10,18H,6,11-14H2/t18-/m1/s1. The number of fused-ring (bicyclic) bond motifs is 1. The molecular formula is C19H20N2O2. The molecular weight excluding hydrogens is 288 g/mol. The average molecular weight is 308 g/mol. The molecule has 0 spiro atoms. The fourth-order valence-corrected chi connectivity index (χ4v) is 3.13. The Morgan fingerprint density at radius 3 is 2.74 bits per heavy atom. The van der Waals surface area contributed by atoms with Crippen LogP contribution >= 0.6 is 0 Å². The Balaban J connectivity index is 1.58. The van der Waals surface area contributed by atoms with Gasteiger partial charge < -0.3 is 14.0 Å². The third-order valence-electron chi connectivity index (χ3n) is 4.23. The van der Waals surface area contributed by atoms with E-state index in [4.69, 9.17) is 14.5 Å². The van der Waals surface area contributed by atoms with Gasteiger partial charge in [-0.15, -0.1) is 0 Å². The van der Waals surface area contributed by atoms with E-state index in [-0.39, 0.29) is 6.10 Å². The summed E-state index contributed by atoms with van der Waals surface area (Å²) in [6, 6.07) is 18.2. The van der Waals surface area contributed by atoms with Gasteiger partial charge in [-0.3, -0.25) is 0 Å². The summed E-state index contributed by atoms with van der Waals surface area (Å²) in [6.07, 6.45) is 2.26. The average Bonchev–Trinajstić information content (AvgIpc) is 3.24. The van der Waals surface area contributed by atoms with Gasteiger partial charge in [0.2, 0.25) is 0 Å². The molecule has 0 unspecified atom stereocenters. The van der Waals surface area contributed by atoms with Crippen LogP contribution in [0, 0.1) is 0 Å². The first-order valence-electron chi connectivity index (χ1n) is 8.16. The predicted octanol–water partition coefficient (Wildman–Crippen LogP) is 3.97. The molecule has 0 saturated carbocycles. The summed E-state index contributed by atoms with van der Waals surface area (Å²) >= 11 is 0. The molecule has 2 aromatic carbocycles. The first-order valence-corrected chi connectivity index (χ1v) is 8.16. The Morgan fingerprint density at radius 1 is 1.09 bits per heavy atom. The highest BCUT2D eigenvalue weighted by atomic mass is 16.5. The fraction of sp³-hybridized carbons (Fsp3) is 0.316. The minimum atomic E-state index is 0.110. The second-order valence-corrected chi connectivity index (χ2v) is 5.77. The molecule has 0 amide bonds. The van der Waals surface area contributed by atoms with Gasteiger partial charge in [-0.25, -0.2) is 4.98 Å². The van der Waals surface area contributed by atoms with E-state index >= 15 is 0 Å². The van der Waals surface area contributed by atoms with Crippen LogP contribution in [0.1, 0.15) is 24.8 Å². The van der Waals surface area contributed by atoms with Crippen LogP contribution in [0.4, 0.5) is 0 Å². The molecule has 1 saturated heterocycles. The smallest absolute Gasteiger partial charge is 0.139 e. The van der Waals surface area contributed by atoms with Crippen molar-refractivity contribution in [3.05, 3.63) is 60.4 Å². The van der Waals surface area contributed by atoms with Crippen LogP contribution in [0.5, 0.6) is 5.75 Å². The molecule has 1 aliphatic rings. The number of nitrogens with zero attached hydrogens (tertiary/aromatic N) is 2. The van der Waals surface area contributed by atoms with Crippen molar-refractivity contribution >= 4 is 11.0 Å². The monoisotopic (exact) mass is 308 g/mol. The summed E-state index contributed by atoms with van der Waals surface area (Å²) in [5, 5.41) is 0. The van der Waals surface area contributed by atoms with Crippen LogP contribution in [0.2, 0.25) is 0 Å². The lowest BCUT2D eigenvalue weighted by Gasteiger charge is -2.14. The van der Waals surface area contributed by atoms with Crippen molar-refractivity contribution in [1.82, 2.24) is 9.55 Å². The molecule has 0 radical (unpaired) electrons. The van der Waals surface area contributed by atoms with E-state index in [0.717, 1.165) is 48.6 Å². The van der Waals surface area contributed by atoms with Gasteiger partial charge in [0.25, 0.3) is 0 Å². The molecule has 4 rings (SSSR count). The van der Waals surface area contributed by atoms with Crippen molar-refractivity contribution in [2.75, 3.05) is 13.2 Å². The third kappa shape index (κ3) is 2.94. The molecule has 0 aliphatic carbocycles. The number of imidazole rings is 1. The van der Waals surface area contributed by atoms with Crippen molar-refractivity contribution in [1.29, 1.82) is 0 Å². The van der Waals surface area contributed by atoms with Crippen LogP contribution in [0.3, 0.4) is 0 Å². The van der Waals surface area contributed by atoms with Crippen molar-refractivity contribution in [3.8, 4) is 5.75 Å². The van der Waals surface area contributed by atoms with E-state index in [1.54, 1.807) is 0 Å². The van der Waals surface area contributed by atoms with Gasteiger partial charge in [-0.1, -0.05) is 30.3 Å². The van der Waals surface area contributed by atoms with Crippen LogP contribution in [0.15, 0.2) is 54.6 Å². The molecule has 0 bridgehead atoms. The number of ether oxygens (including phenoxy) is 2. The molecule has 4 heteroatoms. The molecule has 1 atom stereocenters. The minimum Gasteiger partial charge on any atom is -0.492 e. The highest BCUT2D eigenvalue weighted by Gasteiger charge is 2.24. The van der Waals surface area contributed by atoms with Gasteiger partial charge in [-0.05, 0) is 37.1 Å². The van der Waals surface area contributed by atoms with Crippen molar-refractivity contribution in [2.45, 2.75) is 25.5 Å². The maximum Gasteiger partial charge on any atom is 0.139 e. The topological polar surface area (TPSA) is 36.3 Å². The summed E-state index contributed by atoms with van der Waals surface area (Å²) in [5.74, 6) is 1.93. The Kier molecular flexibility index (Phi) is 3.99. The largest absolute Gasteiger partial charge is 0.492 e. The van der Waals surface area contributed by atoms with Crippen LogP contribution in [0.25, 0.3) is 11.0 Å². The van der Waals surface area contributed by atoms with E-state index in [1.165, 1.54) is 0 Å². The van der Waals surface area contributed by atoms with Crippen molar-refractivity contribution in [3.63, 3.8) is 0 Å². The quantitative estimate of drug-likeness (QED) is 0.715. The van der Waals surface area contributed by atoms with Crippen LogP contribution in [-0.2, 0) is 11.3 Å². The molecule has 2 heterocycles. The summed E-state index contributed by atoms with van der Waals surface area (Å²) in [4.78, 5) is 4.80. The van der Waals surface area contributed by atoms with E-state index in [0.29, 0.717) is 6.61 Å². The van der Waals surface area contributed by atoms with E-state index < -0.39 is 0 Å². The molecule has 0 N–H and O–H groups in total. The zero-order valence-corrected chi connectivity index (χ0v) is 13.0. The second-order valence-electron chi connectivity index (χ2n) is 5.77. The molecule has 1 fully saturated rings. The number of aromatic nitrogens is 2. The van der Waals surface area contributed by atoms with Crippen LogP contribution in [-0.4, -0.2) is 22.8 Å². The molecule has 4 nitrogen and oxygen atoms in total. The minimum absolute atomic E-state index is 0.110. The highest BCUT2D eigenvalue weighted by Crippen LogP contribution is 2.30. The van der Waals surface area contributed by atoms with Gasteiger partial charge in [-0.2, -0.15) is 0 Å². The SMILES string of the molecule is c1ccc(OCCn2c([C@H]3CCCO3)nc3ccccc32)cc1. The van der Waals surface area contributed by atoms with Gasteiger partial charge in [0, 0.05) is 6.61 Å². The first-order chi connectivity index (χ1) is 11.4. The first kappa shape index (κ1) is 14.3. The van der Waals surface area contributed by atoms with Gasteiger partial charge in [0.15, 0.2) is 0 Å². The Hall–Kier alpha value is -2.33. The molecule has 1 aliphatic heterocycles. The van der Waals surface area contributed by atoms with Crippen molar-refractivity contribution in [2.24, 2.45) is 0 Å². The van der Waals surface area contributed by atoms with E-state index in [2.05, 4.69) is 22.8 Å². The maximum atomic E-state index is 5.86. The maximum absolute atomic E-state index is 5.86. The van der Waals surface area contributed by atoms with E-state index in [9.17, 15) is 0 Å². The highest BCUT2D eigenvalue weighted by molar-refractivity contribution is 5.76. The summed E-state index contributed by atoms with van der Waals surface area (Å²) in [5.41, 5.74) is 2.17. The number of hydrogen-bond donors (Lipinski definition) is 0. The van der Waals surface area contributed by atoms with Crippen LogP contribution < -0.4 is 4.74 Å². The predicted molar refractivity (Wildman–Crippen MR) is 89.6 cm³/mol. The summed E-state index contributed by atoms with van der Waals surface area (Å²) < 4.78 is 14.0. The number of rotatable bonds is 5. The van der Waals surface area contributed by atoms with E-state index in [1.807, 2.05) is 36.4 Å². The Morgan fingerprint density at radius 2 is 1.91 bits per heavy atom. The number of hydrogen-bond acceptors (Lipinski definition) is 3. The van der Waals surface area contributed by atoms with Crippen molar-refractivity contribution < 1.29 is 9.47 Å². The fourth-order valence-electron chi connectivity index (χ4n) is 3.13. The summed E-state index contributed by atoms with van der Waals surface area (Å²) in [7, 11) is 0. The Labute approximate surface area is 135 Å². The molecule has 118 valence electrons. The van der Waals surface area contributed by atoms with Gasteiger partial charge >= 0.3 is 0 Å². The number of benzene rings is 2. The normalized spacial score (nSPS) is 17.7. The number of para-hydroxylation sites is 3. The lowest BCUT2D eigenvalue weighted by atomic mass is 10.2. The Bertz CT molecular complexity index is 776. The lowest BCUT2D eigenvalue weighted by molar-refractivity contribution is 0.101. The lowest BCUT2D eigenvalue weighted by Crippen LogP contribution is -2.13. The molecule has 3 aromatic rings. The van der Waals surface area contributed by atoms with Gasteiger partial charge in [0.05, 0.1) is 17.6 Å². The summed E-state index contributed by atoms with van der Waals surface area (Å²) in [6.45, 7) is 2.21. The third-order valence-corrected chi connectivity index (χ3v) is 4.23. The molecule has 23 heavy (non-hydrogen) atoms. The van der Waals surface area contributed by atoms with Gasteiger partial charge in [0.1, 0.15) is 24.3 Å². The zero-order valence-electron chi connectivity index (χ0n) is 13.0. The molecule has 1 aromatic heterocycles.